The molecular formula is C35H62N6O6. The van der Waals surface area contributed by atoms with Gasteiger partial charge in [0.25, 0.3) is 0 Å². The van der Waals surface area contributed by atoms with E-state index >= 15 is 0 Å². The van der Waals surface area contributed by atoms with E-state index in [0.29, 0.717) is 13.0 Å². The van der Waals surface area contributed by atoms with Gasteiger partial charge in [-0.3, -0.25) is 24.0 Å². The number of hydrogen-bond acceptors (Lipinski definition) is 6. The van der Waals surface area contributed by atoms with Gasteiger partial charge in [-0.1, -0.05) is 85.9 Å². The average molecular weight is 663 g/mol. The van der Waals surface area contributed by atoms with Crippen molar-refractivity contribution in [1.29, 1.82) is 0 Å². The summed E-state index contributed by atoms with van der Waals surface area (Å²) in [6.45, 7) is 17.3. The first-order chi connectivity index (χ1) is 22.7. The van der Waals surface area contributed by atoms with Crippen molar-refractivity contribution in [2.75, 3.05) is 39.8 Å². The second-order valence-electron chi connectivity index (χ2n) is 10.1. The van der Waals surface area contributed by atoms with Crippen molar-refractivity contribution in [3.8, 4) is 0 Å². The molecule has 2 saturated heterocycles. The first-order valence-corrected chi connectivity index (χ1v) is 17.1. The van der Waals surface area contributed by atoms with Crippen LogP contribution in [0.2, 0.25) is 0 Å². The topological polar surface area (TPSA) is 151 Å². The van der Waals surface area contributed by atoms with Crippen LogP contribution in [0.1, 0.15) is 99.0 Å². The van der Waals surface area contributed by atoms with Gasteiger partial charge in [-0.05, 0) is 44.2 Å². The van der Waals surface area contributed by atoms with Gasteiger partial charge in [-0.2, -0.15) is 4.73 Å². The number of nitrogens with one attached hydrogen (secondary N) is 4. The van der Waals surface area contributed by atoms with E-state index in [4.69, 9.17) is 4.84 Å². The van der Waals surface area contributed by atoms with E-state index in [2.05, 4.69) is 55.0 Å². The number of para-hydroxylation sites is 1. The van der Waals surface area contributed by atoms with E-state index in [9.17, 15) is 24.0 Å². The number of aromatic nitrogens is 1. The standard InChI is InChI=1S/C12H18N4O4.C10H11NO.C5H11NO.C4H10.2C2H6/c17-9-5-13-10(18)6-15-12(20)8-3-1-2-4-16(8)11(19)7-14-9;1-8-7-11(12-2)10-6-4-3-5-9(8)10;1-2-3-4-6-5-7;1-3-4-2;2*1-2/h8H,1-7H2,(H,13,18)(H,14,17)(H,15,20);3-7H,1-2H3;5H,2-4H2,1H3,(H,6,7);3-4H2,1-2H3;2*1-2H3. The van der Waals surface area contributed by atoms with Crippen LogP contribution in [-0.4, -0.2) is 85.5 Å². The number of benzene rings is 1. The van der Waals surface area contributed by atoms with Gasteiger partial charge in [0.1, 0.15) is 13.2 Å². The van der Waals surface area contributed by atoms with Crippen molar-refractivity contribution in [3.63, 3.8) is 0 Å². The molecule has 0 saturated carbocycles. The summed E-state index contributed by atoms with van der Waals surface area (Å²) >= 11 is 0. The fraction of sp³-hybridized carbons (Fsp3) is 0.629. The zero-order chi connectivity index (χ0) is 36.0. The van der Waals surface area contributed by atoms with Crippen LogP contribution in [0.15, 0.2) is 30.5 Å². The molecule has 2 fully saturated rings. The molecule has 1 atom stereocenters. The Balaban J connectivity index is 0. The number of rotatable bonds is 6. The van der Waals surface area contributed by atoms with E-state index in [-0.39, 0.29) is 31.4 Å². The lowest BCUT2D eigenvalue weighted by Gasteiger charge is -2.35. The predicted octanol–water partition coefficient (Wildman–Crippen LogP) is 4.13. The smallest absolute Gasteiger partial charge is 0.243 e. The molecule has 1 aromatic carbocycles. The third kappa shape index (κ3) is 18.6. The number of fused-ring (bicyclic) bond motifs is 2. The SMILES string of the molecule is CC.CC.CCCC.CCCCNC=O.COn1cc(C)c2ccccc21.O=C1CNC(=O)CNC(=O)C2CCCCN2C(=O)CN1. The van der Waals surface area contributed by atoms with Crippen molar-refractivity contribution in [1.82, 2.24) is 30.9 Å². The fourth-order valence-electron chi connectivity index (χ4n) is 4.17. The van der Waals surface area contributed by atoms with Gasteiger partial charge in [0.05, 0.1) is 25.2 Å². The highest BCUT2D eigenvalue weighted by molar-refractivity contribution is 5.94. The molecule has 0 spiro atoms. The van der Waals surface area contributed by atoms with Crippen LogP contribution < -0.4 is 26.1 Å². The minimum Gasteiger partial charge on any atom is -0.417 e. The minimum atomic E-state index is -0.555. The number of carbonyl (C=O) groups excluding carboxylic acids is 5. The van der Waals surface area contributed by atoms with Crippen LogP contribution in [0.5, 0.6) is 0 Å². The van der Waals surface area contributed by atoms with E-state index in [1.165, 1.54) is 28.7 Å². The molecule has 2 aliphatic rings. The van der Waals surface area contributed by atoms with Crippen LogP contribution in [0.4, 0.5) is 0 Å². The highest BCUT2D eigenvalue weighted by Crippen LogP contribution is 2.19. The van der Waals surface area contributed by atoms with Crippen LogP contribution in [0.3, 0.4) is 0 Å². The van der Waals surface area contributed by atoms with E-state index in [0.717, 1.165) is 44.2 Å². The summed E-state index contributed by atoms with van der Waals surface area (Å²) < 4.78 is 1.78. The number of piperidine rings is 1. The summed E-state index contributed by atoms with van der Waals surface area (Å²) in [7, 11) is 1.67. The maximum atomic E-state index is 12.1. The van der Waals surface area contributed by atoms with Gasteiger partial charge in [-0.15, -0.1) is 0 Å². The number of aryl methyl sites for hydroxylation is 1. The maximum absolute atomic E-state index is 12.1. The number of amides is 5. The molecule has 1 unspecified atom stereocenters. The van der Waals surface area contributed by atoms with Gasteiger partial charge in [-0.25, -0.2) is 0 Å². The number of unbranched alkanes of at least 4 members (excludes halogenated alkanes) is 2. The van der Waals surface area contributed by atoms with Gasteiger partial charge in [0.2, 0.25) is 30.0 Å². The molecule has 0 aliphatic carbocycles. The molecule has 2 aliphatic heterocycles. The molecular weight excluding hydrogens is 600 g/mol. The highest BCUT2D eigenvalue weighted by Gasteiger charge is 2.32. The van der Waals surface area contributed by atoms with Gasteiger partial charge < -0.3 is 31.0 Å². The first kappa shape index (κ1) is 45.0. The molecule has 0 bridgehead atoms. The Hall–Kier alpha value is -4.09. The Bertz CT molecular complexity index is 1110. The zero-order valence-electron chi connectivity index (χ0n) is 30.4. The van der Waals surface area contributed by atoms with E-state index in [1.807, 2.05) is 52.1 Å². The number of nitrogens with zero attached hydrogens (tertiary/aromatic N) is 2. The van der Waals surface area contributed by atoms with Crippen molar-refractivity contribution in [3.05, 3.63) is 36.0 Å². The summed E-state index contributed by atoms with van der Waals surface area (Å²) in [4.78, 5) is 63.2. The molecule has 268 valence electrons. The van der Waals surface area contributed by atoms with Gasteiger partial charge in [0, 0.05) is 24.7 Å². The normalized spacial score (nSPS) is 15.7. The Kier molecular flexibility index (Phi) is 28.1. The summed E-state index contributed by atoms with van der Waals surface area (Å²) in [5.74, 6) is -1.44. The monoisotopic (exact) mass is 662 g/mol. The molecule has 12 heteroatoms. The summed E-state index contributed by atoms with van der Waals surface area (Å²) in [5, 5.41) is 11.1. The fourth-order valence-corrected chi connectivity index (χ4v) is 4.17. The predicted molar refractivity (Wildman–Crippen MR) is 190 cm³/mol. The Morgan fingerprint density at radius 2 is 1.47 bits per heavy atom. The molecule has 1 aromatic heterocycles. The molecule has 47 heavy (non-hydrogen) atoms. The molecule has 2 aromatic rings. The van der Waals surface area contributed by atoms with Crippen LogP contribution >= 0.6 is 0 Å². The first-order valence-electron chi connectivity index (χ1n) is 17.1. The van der Waals surface area contributed by atoms with Crippen molar-refractivity contribution in [2.45, 2.75) is 106 Å². The second-order valence-corrected chi connectivity index (χ2v) is 10.1. The van der Waals surface area contributed by atoms with Crippen molar-refractivity contribution >= 4 is 40.9 Å². The van der Waals surface area contributed by atoms with E-state index in [1.54, 1.807) is 11.8 Å². The number of hydrogen-bond donors (Lipinski definition) is 4. The molecule has 3 heterocycles. The molecule has 0 radical (unpaired) electrons. The lowest BCUT2D eigenvalue weighted by Crippen LogP contribution is -2.56. The van der Waals surface area contributed by atoms with Crippen LogP contribution in [-0.2, 0) is 24.0 Å². The van der Waals surface area contributed by atoms with Gasteiger partial charge in [0.15, 0.2) is 0 Å². The Morgan fingerprint density at radius 1 is 0.872 bits per heavy atom. The van der Waals surface area contributed by atoms with Crippen molar-refractivity contribution < 1.29 is 28.8 Å². The minimum absolute atomic E-state index is 0.154. The Labute approximate surface area is 282 Å². The molecule has 4 N–H and O–H groups in total. The average Bonchev–Trinajstić information content (AvgIpc) is 3.46. The largest absolute Gasteiger partial charge is 0.417 e. The maximum Gasteiger partial charge on any atom is 0.243 e. The third-order valence-corrected chi connectivity index (χ3v) is 6.76. The Morgan fingerprint density at radius 3 is 2.04 bits per heavy atom. The lowest BCUT2D eigenvalue weighted by molar-refractivity contribution is -0.143. The quantitative estimate of drug-likeness (QED) is 0.270. The highest BCUT2D eigenvalue weighted by atomic mass is 16.6. The summed E-state index contributed by atoms with van der Waals surface area (Å²) in [6.07, 6.45) is 9.86. The molecule has 12 nitrogen and oxygen atoms in total. The molecule has 4 rings (SSSR count). The summed E-state index contributed by atoms with van der Waals surface area (Å²) in [6, 6.07) is 7.64. The number of carbonyl (C=O) groups is 5. The van der Waals surface area contributed by atoms with Crippen molar-refractivity contribution in [2.24, 2.45) is 0 Å². The summed E-state index contributed by atoms with van der Waals surface area (Å²) in [5.41, 5.74) is 2.37. The van der Waals surface area contributed by atoms with E-state index < -0.39 is 17.9 Å². The molecule has 5 amide bonds. The third-order valence-electron chi connectivity index (χ3n) is 6.76. The van der Waals surface area contributed by atoms with Crippen LogP contribution in [0, 0.1) is 6.92 Å². The lowest BCUT2D eigenvalue weighted by atomic mass is 10.0. The zero-order valence-corrected chi connectivity index (χ0v) is 30.4. The second kappa shape index (κ2) is 29.3. The van der Waals surface area contributed by atoms with Crippen LogP contribution in [0.25, 0.3) is 10.9 Å². The van der Waals surface area contributed by atoms with Gasteiger partial charge >= 0.3 is 0 Å².